The molecule has 0 atom stereocenters. The molecule has 6 nitrogen and oxygen atoms in total. The maximum absolute atomic E-state index is 13.2. The predicted molar refractivity (Wildman–Crippen MR) is 128 cm³/mol. The zero-order valence-corrected chi connectivity index (χ0v) is 19.6. The maximum atomic E-state index is 13.2. The Morgan fingerprint density at radius 1 is 1.03 bits per heavy atom. The van der Waals surface area contributed by atoms with Crippen molar-refractivity contribution in [2.75, 3.05) is 6.54 Å². The molecule has 172 valence electrons. The summed E-state index contributed by atoms with van der Waals surface area (Å²) in [6.45, 7) is 8.17. The van der Waals surface area contributed by atoms with E-state index < -0.39 is 41.0 Å². The molecule has 0 saturated carbocycles. The topological polar surface area (TPSA) is 92.7 Å². The van der Waals surface area contributed by atoms with E-state index in [2.05, 4.69) is 5.32 Å². The Labute approximate surface area is 194 Å². The van der Waals surface area contributed by atoms with E-state index in [-0.39, 0.29) is 5.57 Å². The number of ether oxygens (including phenoxy) is 1. The molecule has 6 heteroatoms. The molecule has 1 amide bonds. The second-order valence-electron chi connectivity index (χ2n) is 9.50. The number of hydrogen-bond donors (Lipinski definition) is 2. The van der Waals surface area contributed by atoms with Gasteiger partial charge in [-0.15, -0.1) is 0 Å². The summed E-state index contributed by atoms with van der Waals surface area (Å²) >= 11 is 0. The van der Waals surface area contributed by atoms with E-state index >= 15 is 0 Å². The van der Waals surface area contributed by atoms with E-state index in [0.29, 0.717) is 11.1 Å². The second-order valence-corrected chi connectivity index (χ2v) is 9.50. The summed E-state index contributed by atoms with van der Waals surface area (Å²) < 4.78 is 5.17. The molecule has 2 N–H and O–H groups in total. The van der Waals surface area contributed by atoms with Crippen LogP contribution in [0.1, 0.15) is 56.9 Å². The molecule has 0 unspecified atom stereocenters. The van der Waals surface area contributed by atoms with E-state index in [1.807, 2.05) is 54.6 Å². The monoisotopic (exact) mass is 447 g/mol. The lowest BCUT2D eigenvalue weighted by Crippen LogP contribution is -2.43. The van der Waals surface area contributed by atoms with Crippen molar-refractivity contribution < 1.29 is 24.2 Å². The number of amides is 1. The smallest absolute Gasteiger partial charge is 0.325 e. The number of fused-ring (bicyclic) bond motifs is 1. The van der Waals surface area contributed by atoms with Crippen LogP contribution in [0.15, 0.2) is 54.1 Å². The Kier molecular flexibility index (Phi) is 6.58. The van der Waals surface area contributed by atoms with Crippen molar-refractivity contribution in [1.82, 2.24) is 5.32 Å². The van der Waals surface area contributed by atoms with Gasteiger partial charge >= 0.3 is 5.97 Å². The molecule has 0 saturated heterocycles. The molecular weight excluding hydrogens is 418 g/mol. The summed E-state index contributed by atoms with van der Waals surface area (Å²) in [4.78, 5) is 37.9. The molecule has 0 radical (unpaired) electrons. The van der Waals surface area contributed by atoms with Gasteiger partial charge in [0, 0.05) is 5.56 Å². The standard InChI is InChI=1S/C27H29NO5/c1-26(2,3)33-21(29)16-28-25(32)22-23(30)19-14-13-18(12-11-17-9-7-6-8-10-17)15-20(19)27(4,5)24(22)31/h6-15,30H,16H2,1-5H3,(H,28,32)/b12-11+. The Bertz CT molecular complexity index is 1150. The number of benzene rings is 2. The van der Waals surface area contributed by atoms with Crippen molar-refractivity contribution in [1.29, 1.82) is 0 Å². The molecule has 0 heterocycles. The Morgan fingerprint density at radius 2 is 1.67 bits per heavy atom. The number of hydrogen-bond acceptors (Lipinski definition) is 5. The molecule has 2 aromatic rings. The second kappa shape index (κ2) is 9.06. The van der Waals surface area contributed by atoms with Gasteiger partial charge in [-0.05, 0) is 51.3 Å². The van der Waals surface area contributed by atoms with Crippen LogP contribution in [0.5, 0.6) is 0 Å². The van der Waals surface area contributed by atoms with Crippen LogP contribution >= 0.6 is 0 Å². The van der Waals surface area contributed by atoms with Crippen molar-refractivity contribution >= 4 is 35.6 Å². The van der Waals surface area contributed by atoms with Crippen molar-refractivity contribution in [3.05, 3.63) is 76.4 Å². The third-order valence-electron chi connectivity index (χ3n) is 5.31. The molecule has 0 bridgehead atoms. The highest BCUT2D eigenvalue weighted by atomic mass is 16.6. The normalized spacial score (nSPS) is 15.4. The Balaban J connectivity index is 1.89. The van der Waals surface area contributed by atoms with Gasteiger partial charge in [-0.2, -0.15) is 0 Å². The lowest BCUT2D eigenvalue weighted by molar-refractivity contribution is -0.154. The lowest BCUT2D eigenvalue weighted by Gasteiger charge is -2.32. The Hall–Kier alpha value is -3.67. The molecule has 0 aliphatic heterocycles. The van der Waals surface area contributed by atoms with Crippen molar-refractivity contribution in [3.63, 3.8) is 0 Å². The van der Waals surface area contributed by atoms with Crippen molar-refractivity contribution in [3.8, 4) is 0 Å². The van der Waals surface area contributed by atoms with E-state index in [4.69, 9.17) is 4.74 Å². The van der Waals surface area contributed by atoms with Gasteiger partial charge in [0.05, 0.1) is 5.41 Å². The quantitative estimate of drug-likeness (QED) is 0.401. The molecule has 0 aromatic heterocycles. The molecular formula is C27H29NO5. The number of nitrogens with one attached hydrogen (secondary N) is 1. The molecule has 0 fully saturated rings. The van der Waals surface area contributed by atoms with Crippen LogP contribution in [0.25, 0.3) is 17.9 Å². The fourth-order valence-electron chi connectivity index (χ4n) is 3.65. The molecule has 33 heavy (non-hydrogen) atoms. The van der Waals surface area contributed by atoms with Crippen LogP contribution < -0.4 is 5.32 Å². The van der Waals surface area contributed by atoms with E-state index in [1.165, 1.54) is 0 Å². The minimum atomic E-state index is -1.04. The van der Waals surface area contributed by atoms with Crippen LogP contribution in [0, 0.1) is 0 Å². The summed E-state index contributed by atoms with van der Waals surface area (Å²) in [5.41, 5.74) is 0.849. The number of Topliss-reactive ketones (excluding diaryl/α,β-unsaturated/α-hetero) is 1. The number of carbonyl (C=O) groups excluding carboxylic acids is 3. The maximum Gasteiger partial charge on any atom is 0.325 e. The van der Waals surface area contributed by atoms with Gasteiger partial charge in [0.25, 0.3) is 5.91 Å². The van der Waals surface area contributed by atoms with Gasteiger partial charge < -0.3 is 15.2 Å². The van der Waals surface area contributed by atoms with Crippen LogP contribution in [0.3, 0.4) is 0 Å². The first kappa shape index (κ1) is 24.0. The first-order valence-corrected chi connectivity index (χ1v) is 10.8. The number of esters is 1. The molecule has 1 aliphatic rings. The first-order valence-electron chi connectivity index (χ1n) is 10.8. The van der Waals surface area contributed by atoms with Gasteiger partial charge in [-0.3, -0.25) is 14.4 Å². The number of rotatable bonds is 5. The third-order valence-corrected chi connectivity index (χ3v) is 5.31. The number of carbonyl (C=O) groups is 3. The zero-order chi connectivity index (χ0) is 24.4. The van der Waals surface area contributed by atoms with Crippen LogP contribution in [0.2, 0.25) is 0 Å². The summed E-state index contributed by atoms with van der Waals surface area (Å²) in [6, 6.07) is 15.2. The fourth-order valence-corrected chi connectivity index (χ4v) is 3.65. The predicted octanol–water partition coefficient (Wildman–Crippen LogP) is 4.44. The van der Waals surface area contributed by atoms with Crippen molar-refractivity contribution in [2.45, 2.75) is 45.6 Å². The summed E-state index contributed by atoms with van der Waals surface area (Å²) in [6.07, 6.45) is 3.89. The summed E-state index contributed by atoms with van der Waals surface area (Å²) in [7, 11) is 0. The van der Waals surface area contributed by atoms with Crippen LogP contribution in [0.4, 0.5) is 0 Å². The molecule has 1 aliphatic carbocycles. The number of aliphatic hydroxyl groups excluding tert-OH is 1. The van der Waals surface area contributed by atoms with E-state index in [9.17, 15) is 19.5 Å². The number of ketones is 1. The average Bonchev–Trinajstić information content (AvgIpc) is 2.75. The van der Waals surface area contributed by atoms with E-state index in [0.717, 1.165) is 11.1 Å². The minimum Gasteiger partial charge on any atom is -0.506 e. The van der Waals surface area contributed by atoms with Gasteiger partial charge in [0.1, 0.15) is 23.5 Å². The van der Waals surface area contributed by atoms with Gasteiger partial charge in [0.15, 0.2) is 5.78 Å². The number of aliphatic hydroxyl groups is 1. The third kappa shape index (κ3) is 5.40. The zero-order valence-electron chi connectivity index (χ0n) is 19.6. The SMILES string of the molecule is CC(C)(C)OC(=O)CNC(=O)C1=C(O)c2ccc(/C=C/c3ccccc3)cc2C(C)(C)C1=O. The summed E-state index contributed by atoms with van der Waals surface area (Å²) in [5, 5.41) is 13.2. The van der Waals surface area contributed by atoms with Gasteiger partial charge in [0.2, 0.25) is 0 Å². The van der Waals surface area contributed by atoms with E-state index in [1.54, 1.807) is 40.7 Å². The highest BCUT2D eigenvalue weighted by Gasteiger charge is 2.43. The molecule has 0 spiro atoms. The average molecular weight is 448 g/mol. The minimum absolute atomic E-state index is 0.358. The van der Waals surface area contributed by atoms with Gasteiger partial charge in [-0.1, -0.05) is 60.7 Å². The highest BCUT2D eigenvalue weighted by Crippen LogP contribution is 2.40. The van der Waals surface area contributed by atoms with Crippen LogP contribution in [-0.2, 0) is 24.5 Å². The summed E-state index contributed by atoms with van der Waals surface area (Å²) in [5.74, 6) is -2.35. The Morgan fingerprint density at radius 3 is 2.30 bits per heavy atom. The molecule has 2 aromatic carbocycles. The molecule has 3 rings (SSSR count). The fraction of sp³-hybridized carbons (Fsp3) is 0.296. The largest absolute Gasteiger partial charge is 0.506 e. The van der Waals surface area contributed by atoms with Crippen LogP contribution in [-0.4, -0.2) is 34.9 Å². The van der Waals surface area contributed by atoms with Crippen molar-refractivity contribution in [2.24, 2.45) is 0 Å². The first-order chi connectivity index (χ1) is 15.4. The lowest BCUT2D eigenvalue weighted by atomic mass is 9.70. The van der Waals surface area contributed by atoms with Gasteiger partial charge in [-0.25, -0.2) is 0 Å². The highest BCUT2D eigenvalue weighted by molar-refractivity contribution is 6.28.